The van der Waals surface area contributed by atoms with E-state index in [1.54, 1.807) is 11.8 Å². The van der Waals surface area contributed by atoms with Crippen LogP contribution in [-0.2, 0) is 4.74 Å². The van der Waals surface area contributed by atoms with Gasteiger partial charge >= 0.3 is 0 Å². The average Bonchev–Trinajstić information content (AvgIpc) is 3.20. The Morgan fingerprint density at radius 1 is 1.52 bits per heavy atom. The summed E-state index contributed by atoms with van der Waals surface area (Å²) < 4.78 is 5.68. The van der Waals surface area contributed by atoms with Gasteiger partial charge in [-0.05, 0) is 37.9 Å². The third kappa shape index (κ3) is 6.04. The van der Waals surface area contributed by atoms with Gasteiger partial charge in [0.15, 0.2) is 5.96 Å². The molecule has 0 bridgehead atoms. The second kappa shape index (κ2) is 8.25. The van der Waals surface area contributed by atoms with Gasteiger partial charge in [-0.15, -0.1) is 0 Å². The van der Waals surface area contributed by atoms with Gasteiger partial charge < -0.3 is 20.1 Å². The Labute approximate surface area is 132 Å². The Morgan fingerprint density at radius 2 is 2.33 bits per heavy atom. The maximum absolute atomic E-state index is 10.4. The third-order valence-corrected chi connectivity index (χ3v) is 5.16. The van der Waals surface area contributed by atoms with Crippen LogP contribution in [0.1, 0.15) is 26.2 Å². The van der Waals surface area contributed by atoms with Crippen molar-refractivity contribution in [3.8, 4) is 0 Å². The minimum Gasteiger partial charge on any atom is -0.387 e. The second-order valence-corrected chi connectivity index (χ2v) is 7.24. The highest BCUT2D eigenvalue weighted by atomic mass is 32.2. The monoisotopic (exact) mass is 315 g/mol. The van der Waals surface area contributed by atoms with E-state index in [0.717, 1.165) is 56.1 Å². The number of likely N-dealkylation sites (N-methyl/N-ethyl adjacent to an activating group) is 1. The largest absolute Gasteiger partial charge is 0.387 e. The van der Waals surface area contributed by atoms with Crippen LogP contribution in [0.2, 0.25) is 0 Å². The second-order valence-electron chi connectivity index (χ2n) is 6.14. The number of nitrogens with one attached hydrogen (secondary N) is 1. The summed E-state index contributed by atoms with van der Waals surface area (Å²) in [4.78, 5) is 6.69. The highest BCUT2D eigenvalue weighted by Gasteiger charge is 2.31. The number of hydrogen-bond donors (Lipinski definition) is 2. The molecule has 1 unspecified atom stereocenters. The first kappa shape index (κ1) is 16.9. The minimum atomic E-state index is -0.616. The molecular formula is C15H29N3O2S. The zero-order chi connectivity index (χ0) is 15.1. The Hall–Kier alpha value is -0.460. The van der Waals surface area contributed by atoms with Gasteiger partial charge in [-0.2, -0.15) is 11.8 Å². The van der Waals surface area contributed by atoms with E-state index >= 15 is 0 Å². The highest BCUT2D eigenvalue weighted by Crippen LogP contribution is 2.29. The number of aliphatic imine (C=N–C) groups is 1. The van der Waals surface area contributed by atoms with Crippen molar-refractivity contribution in [2.24, 2.45) is 10.9 Å². The molecule has 1 aliphatic carbocycles. The number of thioether (sulfide) groups is 1. The summed E-state index contributed by atoms with van der Waals surface area (Å²) in [6.45, 7) is 5.84. The fraction of sp³-hybridized carbons (Fsp3) is 0.933. The summed E-state index contributed by atoms with van der Waals surface area (Å²) in [5.74, 6) is 3.50. The molecule has 0 aromatic carbocycles. The van der Waals surface area contributed by atoms with Gasteiger partial charge in [-0.3, -0.25) is 4.99 Å². The van der Waals surface area contributed by atoms with Crippen LogP contribution in [0.3, 0.4) is 0 Å². The van der Waals surface area contributed by atoms with E-state index in [1.807, 2.05) is 7.05 Å². The molecule has 2 fully saturated rings. The van der Waals surface area contributed by atoms with Gasteiger partial charge in [0.05, 0.1) is 18.8 Å². The number of guanidine groups is 1. The summed E-state index contributed by atoms with van der Waals surface area (Å²) in [6.07, 6.45) is 3.50. The molecule has 0 spiro atoms. The molecule has 2 rings (SSSR count). The summed E-state index contributed by atoms with van der Waals surface area (Å²) in [6, 6.07) is 0. The van der Waals surface area contributed by atoms with Crippen LogP contribution in [0, 0.1) is 5.92 Å². The number of ether oxygens (including phenoxy) is 1. The van der Waals surface area contributed by atoms with Gasteiger partial charge in [-0.1, -0.05) is 0 Å². The maximum atomic E-state index is 10.4. The smallest absolute Gasteiger partial charge is 0.193 e. The molecule has 6 heteroatoms. The molecule has 1 atom stereocenters. The molecule has 2 N–H and O–H groups in total. The molecule has 0 aromatic rings. The van der Waals surface area contributed by atoms with Crippen LogP contribution in [0.5, 0.6) is 0 Å². The van der Waals surface area contributed by atoms with Crippen LogP contribution in [0.4, 0.5) is 0 Å². The molecule has 1 saturated heterocycles. The normalized spacial score (nSPS) is 26.1. The lowest BCUT2D eigenvalue weighted by Gasteiger charge is -2.24. The molecule has 2 aliphatic rings. The summed E-state index contributed by atoms with van der Waals surface area (Å²) in [7, 11) is 2.02. The first-order valence-corrected chi connectivity index (χ1v) is 9.16. The van der Waals surface area contributed by atoms with Gasteiger partial charge in [-0.25, -0.2) is 0 Å². The van der Waals surface area contributed by atoms with E-state index in [4.69, 9.17) is 4.74 Å². The predicted molar refractivity (Wildman–Crippen MR) is 89.0 cm³/mol. The quantitative estimate of drug-likeness (QED) is 0.400. The van der Waals surface area contributed by atoms with E-state index in [-0.39, 0.29) is 0 Å². The summed E-state index contributed by atoms with van der Waals surface area (Å²) >= 11 is 1.81. The molecule has 0 radical (unpaired) electrons. The van der Waals surface area contributed by atoms with E-state index < -0.39 is 5.60 Å². The van der Waals surface area contributed by atoms with Gasteiger partial charge in [0, 0.05) is 32.5 Å². The first-order valence-electron chi connectivity index (χ1n) is 8.00. The summed E-state index contributed by atoms with van der Waals surface area (Å²) in [5, 5.41) is 13.7. The Morgan fingerprint density at radius 3 is 2.95 bits per heavy atom. The number of rotatable bonds is 8. The van der Waals surface area contributed by atoms with Crippen molar-refractivity contribution in [1.82, 2.24) is 10.2 Å². The van der Waals surface area contributed by atoms with Crippen molar-refractivity contribution in [3.05, 3.63) is 0 Å². The molecular weight excluding hydrogens is 286 g/mol. The van der Waals surface area contributed by atoms with Crippen molar-refractivity contribution in [2.75, 3.05) is 51.4 Å². The minimum absolute atomic E-state index is 0.482. The van der Waals surface area contributed by atoms with Crippen molar-refractivity contribution in [2.45, 2.75) is 31.8 Å². The van der Waals surface area contributed by atoms with Crippen LogP contribution in [0.25, 0.3) is 0 Å². The van der Waals surface area contributed by atoms with Crippen LogP contribution < -0.4 is 5.32 Å². The SMILES string of the molecule is CCNC(=NCC1(O)CCSC1)N(C)CCOCC1CC1. The number of nitrogens with zero attached hydrogens (tertiary/aromatic N) is 2. The number of hydrogen-bond acceptors (Lipinski definition) is 4. The van der Waals surface area contributed by atoms with Gasteiger partial charge in [0.25, 0.3) is 0 Å². The fourth-order valence-corrected chi connectivity index (χ4v) is 3.54. The van der Waals surface area contributed by atoms with Gasteiger partial charge in [0.1, 0.15) is 0 Å². The van der Waals surface area contributed by atoms with Crippen LogP contribution >= 0.6 is 11.8 Å². The third-order valence-electron chi connectivity index (χ3n) is 3.92. The lowest BCUT2D eigenvalue weighted by atomic mass is 10.1. The molecule has 122 valence electrons. The van der Waals surface area contributed by atoms with Gasteiger partial charge in [0.2, 0.25) is 0 Å². The maximum Gasteiger partial charge on any atom is 0.193 e. The van der Waals surface area contributed by atoms with E-state index in [9.17, 15) is 5.11 Å². The van der Waals surface area contributed by atoms with Crippen molar-refractivity contribution >= 4 is 17.7 Å². The molecule has 1 saturated carbocycles. The lowest BCUT2D eigenvalue weighted by Crippen LogP contribution is -2.42. The van der Waals surface area contributed by atoms with E-state index in [2.05, 4.69) is 22.1 Å². The highest BCUT2D eigenvalue weighted by molar-refractivity contribution is 7.99. The Kier molecular flexibility index (Phi) is 6.64. The molecule has 21 heavy (non-hydrogen) atoms. The zero-order valence-electron chi connectivity index (χ0n) is 13.3. The average molecular weight is 315 g/mol. The van der Waals surface area contributed by atoms with E-state index in [0.29, 0.717) is 6.54 Å². The molecule has 1 aliphatic heterocycles. The molecule has 5 nitrogen and oxygen atoms in total. The molecule has 1 heterocycles. The van der Waals surface area contributed by atoms with Crippen molar-refractivity contribution in [1.29, 1.82) is 0 Å². The zero-order valence-corrected chi connectivity index (χ0v) is 14.1. The lowest BCUT2D eigenvalue weighted by molar-refractivity contribution is 0.0774. The van der Waals surface area contributed by atoms with Crippen LogP contribution in [-0.4, -0.2) is 73.0 Å². The Balaban J connectivity index is 1.74. The predicted octanol–water partition coefficient (Wildman–Crippen LogP) is 1.18. The van der Waals surface area contributed by atoms with Crippen molar-refractivity contribution < 1.29 is 9.84 Å². The van der Waals surface area contributed by atoms with Crippen LogP contribution in [0.15, 0.2) is 4.99 Å². The standard InChI is InChI=1S/C15H29N3O2S/c1-3-16-14(17-11-15(19)6-9-21-12-15)18(2)7-8-20-10-13-4-5-13/h13,19H,3-12H2,1-2H3,(H,16,17). The van der Waals surface area contributed by atoms with Crippen molar-refractivity contribution in [3.63, 3.8) is 0 Å². The Bertz CT molecular complexity index is 342. The first-order chi connectivity index (χ1) is 10.1. The fourth-order valence-electron chi connectivity index (χ4n) is 2.25. The molecule has 0 aromatic heterocycles. The topological polar surface area (TPSA) is 57.1 Å². The van der Waals surface area contributed by atoms with E-state index in [1.165, 1.54) is 12.8 Å². The number of aliphatic hydroxyl groups is 1. The molecule has 0 amide bonds. The summed E-state index contributed by atoms with van der Waals surface area (Å²) in [5.41, 5.74) is -0.616.